The molecule has 1 fully saturated rings. The van der Waals surface area contributed by atoms with Crippen LogP contribution in [0.15, 0.2) is 44.4 Å². The van der Waals surface area contributed by atoms with Crippen molar-refractivity contribution in [2.24, 2.45) is 0 Å². The van der Waals surface area contributed by atoms with Gasteiger partial charge < -0.3 is 4.52 Å². The molecular formula is C17H17N3O3S2. The molecule has 0 saturated heterocycles. The number of nitrogens with one attached hydrogen (secondary N) is 1. The largest absolute Gasteiger partial charge is 0.339 e. The standard InChI is InChI=1S/C17H17N3O3S2/c1-11-5-2-3-8-14(11)20-25(21,22)15-9-13(10-24-15)16-18-17(23-19-16)12-6-4-7-12/h2-3,5,8-10,12,20H,4,6-7H2,1H3. The van der Waals surface area contributed by atoms with Crippen LogP contribution in [0.2, 0.25) is 0 Å². The van der Waals surface area contributed by atoms with Crippen molar-refractivity contribution >= 4 is 27.0 Å². The summed E-state index contributed by atoms with van der Waals surface area (Å²) in [7, 11) is -3.64. The average Bonchev–Trinajstić information content (AvgIpc) is 3.17. The van der Waals surface area contributed by atoms with E-state index >= 15 is 0 Å². The molecule has 0 spiro atoms. The molecule has 2 aromatic heterocycles. The average molecular weight is 375 g/mol. The minimum absolute atomic E-state index is 0.223. The summed E-state index contributed by atoms with van der Waals surface area (Å²) >= 11 is 1.14. The van der Waals surface area contributed by atoms with E-state index in [0.29, 0.717) is 28.9 Å². The summed E-state index contributed by atoms with van der Waals surface area (Å²) in [5.41, 5.74) is 2.10. The van der Waals surface area contributed by atoms with Gasteiger partial charge in [0.1, 0.15) is 4.21 Å². The topological polar surface area (TPSA) is 85.1 Å². The first kappa shape index (κ1) is 16.3. The fourth-order valence-corrected chi connectivity index (χ4v) is 4.92. The molecule has 1 aromatic carbocycles. The van der Waals surface area contributed by atoms with E-state index in [1.165, 1.54) is 6.42 Å². The van der Waals surface area contributed by atoms with E-state index in [4.69, 9.17) is 4.52 Å². The lowest BCUT2D eigenvalue weighted by Crippen LogP contribution is -2.12. The highest BCUT2D eigenvalue weighted by Gasteiger charge is 2.26. The van der Waals surface area contributed by atoms with Gasteiger partial charge in [0.15, 0.2) is 0 Å². The van der Waals surface area contributed by atoms with Gasteiger partial charge in [0.2, 0.25) is 11.7 Å². The highest BCUT2D eigenvalue weighted by molar-refractivity contribution is 7.94. The van der Waals surface area contributed by atoms with Gasteiger partial charge in [0.25, 0.3) is 10.0 Å². The Kier molecular flexibility index (Phi) is 4.09. The molecule has 2 heterocycles. The van der Waals surface area contributed by atoms with Gasteiger partial charge in [-0.15, -0.1) is 11.3 Å². The van der Waals surface area contributed by atoms with Gasteiger partial charge in [-0.1, -0.05) is 29.8 Å². The summed E-state index contributed by atoms with van der Waals surface area (Å²) in [5, 5.41) is 5.73. The second-order valence-corrected chi connectivity index (χ2v) is 8.98. The smallest absolute Gasteiger partial charge is 0.271 e. The number of anilines is 1. The Morgan fingerprint density at radius 1 is 1.28 bits per heavy atom. The molecule has 130 valence electrons. The third-order valence-corrected chi connectivity index (χ3v) is 7.19. The van der Waals surface area contributed by atoms with Crippen LogP contribution in [-0.4, -0.2) is 18.6 Å². The number of thiophene rings is 1. The van der Waals surface area contributed by atoms with E-state index < -0.39 is 10.0 Å². The van der Waals surface area contributed by atoms with Crippen LogP contribution in [-0.2, 0) is 10.0 Å². The quantitative estimate of drug-likeness (QED) is 0.723. The highest BCUT2D eigenvalue weighted by Crippen LogP contribution is 2.36. The lowest BCUT2D eigenvalue weighted by molar-refractivity contribution is 0.292. The van der Waals surface area contributed by atoms with Crippen LogP contribution >= 0.6 is 11.3 Å². The van der Waals surface area contributed by atoms with Crippen molar-refractivity contribution in [2.45, 2.75) is 36.3 Å². The van der Waals surface area contributed by atoms with Gasteiger partial charge in [-0.25, -0.2) is 8.42 Å². The number of hydrogen-bond acceptors (Lipinski definition) is 6. The van der Waals surface area contributed by atoms with Crippen molar-refractivity contribution in [1.29, 1.82) is 0 Å². The Hall–Kier alpha value is -2.19. The molecule has 1 saturated carbocycles. The lowest BCUT2D eigenvalue weighted by atomic mass is 9.85. The molecule has 4 rings (SSSR count). The highest BCUT2D eigenvalue weighted by atomic mass is 32.2. The fraction of sp³-hybridized carbons (Fsp3) is 0.294. The molecule has 0 unspecified atom stereocenters. The van der Waals surface area contributed by atoms with Gasteiger partial charge in [0.05, 0.1) is 5.69 Å². The molecule has 8 heteroatoms. The number of nitrogens with zero attached hydrogens (tertiary/aromatic N) is 2. The minimum atomic E-state index is -3.64. The zero-order valence-electron chi connectivity index (χ0n) is 13.6. The number of aromatic nitrogens is 2. The first-order valence-corrected chi connectivity index (χ1v) is 10.4. The van der Waals surface area contributed by atoms with Crippen molar-refractivity contribution in [1.82, 2.24) is 10.1 Å². The summed E-state index contributed by atoms with van der Waals surface area (Å²) in [4.78, 5) is 4.41. The zero-order valence-corrected chi connectivity index (χ0v) is 15.2. The summed E-state index contributed by atoms with van der Waals surface area (Å²) in [5.74, 6) is 1.44. The van der Waals surface area contributed by atoms with E-state index in [1.54, 1.807) is 23.6 Å². The molecule has 3 aromatic rings. The van der Waals surface area contributed by atoms with Crippen LogP contribution in [0.1, 0.15) is 36.6 Å². The molecule has 1 aliphatic carbocycles. The van der Waals surface area contributed by atoms with E-state index in [-0.39, 0.29) is 4.21 Å². The molecular weight excluding hydrogens is 358 g/mol. The third-order valence-electron chi connectivity index (χ3n) is 4.38. The predicted octanol–water partition coefficient (Wildman–Crippen LogP) is 4.17. The van der Waals surface area contributed by atoms with Gasteiger partial charge >= 0.3 is 0 Å². The SMILES string of the molecule is Cc1ccccc1NS(=O)(=O)c1cc(-c2noc(C3CCC3)n2)cs1. The number of para-hydroxylation sites is 1. The number of sulfonamides is 1. The van der Waals surface area contributed by atoms with Crippen molar-refractivity contribution in [2.75, 3.05) is 4.72 Å². The molecule has 0 radical (unpaired) electrons. The van der Waals surface area contributed by atoms with Crippen LogP contribution in [0.3, 0.4) is 0 Å². The molecule has 0 atom stereocenters. The molecule has 25 heavy (non-hydrogen) atoms. The Labute approximate surface area is 150 Å². The van der Waals surface area contributed by atoms with Gasteiger partial charge in [-0.2, -0.15) is 4.98 Å². The number of rotatable bonds is 5. The Morgan fingerprint density at radius 3 is 2.80 bits per heavy atom. The van der Waals surface area contributed by atoms with Crippen LogP contribution in [0, 0.1) is 6.92 Å². The Balaban J connectivity index is 1.57. The summed E-state index contributed by atoms with van der Waals surface area (Å²) in [6.45, 7) is 1.86. The maximum Gasteiger partial charge on any atom is 0.271 e. The van der Waals surface area contributed by atoms with Gasteiger partial charge in [-0.3, -0.25) is 4.72 Å². The van der Waals surface area contributed by atoms with Crippen molar-refractivity contribution in [3.63, 3.8) is 0 Å². The molecule has 6 nitrogen and oxygen atoms in total. The molecule has 0 amide bonds. The van der Waals surface area contributed by atoms with Crippen molar-refractivity contribution in [3.05, 3.63) is 47.2 Å². The summed E-state index contributed by atoms with van der Waals surface area (Å²) in [6, 6.07) is 8.85. The Morgan fingerprint density at radius 2 is 2.08 bits per heavy atom. The second-order valence-electron chi connectivity index (χ2n) is 6.16. The van der Waals surface area contributed by atoms with Crippen LogP contribution in [0.4, 0.5) is 5.69 Å². The lowest BCUT2D eigenvalue weighted by Gasteiger charge is -2.20. The Bertz CT molecular complexity index is 1000. The van der Waals surface area contributed by atoms with Crippen molar-refractivity contribution in [3.8, 4) is 11.4 Å². The van der Waals surface area contributed by atoms with Crippen LogP contribution in [0.25, 0.3) is 11.4 Å². The van der Waals surface area contributed by atoms with E-state index in [2.05, 4.69) is 14.9 Å². The molecule has 1 aliphatic rings. The first-order valence-electron chi connectivity index (χ1n) is 8.04. The normalized spacial score (nSPS) is 15.1. The predicted molar refractivity (Wildman–Crippen MR) is 96.2 cm³/mol. The number of aryl methyl sites for hydroxylation is 1. The molecule has 0 bridgehead atoms. The number of hydrogen-bond donors (Lipinski definition) is 1. The monoisotopic (exact) mass is 375 g/mol. The minimum Gasteiger partial charge on any atom is -0.339 e. The second kappa shape index (κ2) is 6.27. The molecule has 1 N–H and O–H groups in total. The summed E-state index contributed by atoms with van der Waals surface area (Å²) in [6.07, 6.45) is 3.34. The summed E-state index contributed by atoms with van der Waals surface area (Å²) < 4.78 is 33.4. The van der Waals surface area contributed by atoms with E-state index in [1.807, 2.05) is 19.1 Å². The molecule has 0 aliphatic heterocycles. The van der Waals surface area contributed by atoms with Crippen molar-refractivity contribution < 1.29 is 12.9 Å². The zero-order chi connectivity index (χ0) is 17.4. The third kappa shape index (κ3) is 3.19. The fourth-order valence-electron chi connectivity index (χ4n) is 2.63. The first-order chi connectivity index (χ1) is 12.0. The van der Waals surface area contributed by atoms with E-state index in [0.717, 1.165) is 29.7 Å². The van der Waals surface area contributed by atoms with Gasteiger partial charge in [0, 0.05) is 16.9 Å². The van der Waals surface area contributed by atoms with Gasteiger partial charge in [-0.05, 0) is 37.5 Å². The maximum atomic E-state index is 12.6. The van der Waals surface area contributed by atoms with E-state index in [9.17, 15) is 8.42 Å². The maximum absolute atomic E-state index is 12.6. The van der Waals surface area contributed by atoms with Crippen LogP contribution in [0.5, 0.6) is 0 Å². The number of benzene rings is 1. The van der Waals surface area contributed by atoms with Crippen LogP contribution < -0.4 is 4.72 Å².